The average Bonchev–Trinajstić information content (AvgIpc) is 2.62. The van der Waals surface area contributed by atoms with E-state index in [1.54, 1.807) is 0 Å². The molecule has 2 aromatic carbocycles. The van der Waals surface area contributed by atoms with Gasteiger partial charge in [0.2, 0.25) is 0 Å². The van der Waals surface area contributed by atoms with Gasteiger partial charge in [0.05, 0.1) is 11.2 Å². The van der Waals surface area contributed by atoms with Gasteiger partial charge in [0.1, 0.15) is 0 Å². The fraction of sp³-hybridized carbons (Fsp3) is 0.286. The maximum absolute atomic E-state index is 4.64. The Morgan fingerprint density at radius 3 is 2.17 bits per heavy atom. The fourth-order valence-corrected chi connectivity index (χ4v) is 3.18. The first-order valence-electron chi connectivity index (χ1n) is 8.59. The molecular formula is C21H25N3. The molecule has 0 saturated heterocycles. The van der Waals surface area contributed by atoms with Crippen molar-refractivity contribution in [3.63, 3.8) is 0 Å². The van der Waals surface area contributed by atoms with Crippen LogP contribution in [0.25, 0.3) is 10.9 Å². The number of fused-ring (bicyclic) bond motifs is 1. The first kappa shape index (κ1) is 16.3. The van der Waals surface area contributed by atoms with E-state index >= 15 is 0 Å². The minimum Gasteiger partial charge on any atom is -0.372 e. The minimum atomic E-state index is 1.03. The van der Waals surface area contributed by atoms with Gasteiger partial charge in [-0.2, -0.15) is 0 Å². The van der Waals surface area contributed by atoms with Crippen molar-refractivity contribution in [2.45, 2.75) is 20.8 Å². The van der Waals surface area contributed by atoms with Gasteiger partial charge >= 0.3 is 0 Å². The van der Waals surface area contributed by atoms with Crippen LogP contribution in [0.15, 0.2) is 54.6 Å². The Morgan fingerprint density at radius 2 is 1.50 bits per heavy atom. The lowest BCUT2D eigenvalue weighted by atomic mass is 10.1. The van der Waals surface area contributed by atoms with Crippen LogP contribution in [0.1, 0.15) is 19.5 Å². The van der Waals surface area contributed by atoms with Crippen molar-refractivity contribution in [1.82, 2.24) is 4.98 Å². The second-order valence-electron chi connectivity index (χ2n) is 6.05. The van der Waals surface area contributed by atoms with Gasteiger partial charge in [0.15, 0.2) is 0 Å². The van der Waals surface area contributed by atoms with Crippen LogP contribution in [0.4, 0.5) is 17.1 Å². The quantitative estimate of drug-likeness (QED) is 0.648. The van der Waals surface area contributed by atoms with Crippen molar-refractivity contribution in [3.05, 3.63) is 60.3 Å². The van der Waals surface area contributed by atoms with E-state index in [0.29, 0.717) is 0 Å². The predicted molar refractivity (Wildman–Crippen MR) is 105 cm³/mol. The van der Waals surface area contributed by atoms with E-state index in [9.17, 15) is 0 Å². The highest BCUT2D eigenvalue weighted by Gasteiger charge is 2.10. The number of pyridine rings is 1. The van der Waals surface area contributed by atoms with Gasteiger partial charge < -0.3 is 9.80 Å². The molecule has 0 spiro atoms. The number of hydrogen-bond donors (Lipinski definition) is 0. The van der Waals surface area contributed by atoms with Crippen LogP contribution in [0.2, 0.25) is 0 Å². The molecule has 3 heteroatoms. The number of aromatic nitrogens is 1. The minimum absolute atomic E-state index is 1.03. The third-order valence-corrected chi connectivity index (χ3v) is 4.55. The molecule has 0 radical (unpaired) electrons. The molecule has 24 heavy (non-hydrogen) atoms. The van der Waals surface area contributed by atoms with Crippen LogP contribution in [0.5, 0.6) is 0 Å². The maximum atomic E-state index is 4.64. The third-order valence-electron chi connectivity index (χ3n) is 4.55. The van der Waals surface area contributed by atoms with Crippen LogP contribution < -0.4 is 9.80 Å². The van der Waals surface area contributed by atoms with Crippen LogP contribution in [0.3, 0.4) is 0 Å². The summed E-state index contributed by atoms with van der Waals surface area (Å²) in [7, 11) is 2.12. The van der Waals surface area contributed by atoms with E-state index in [-0.39, 0.29) is 0 Å². The number of anilines is 3. The third kappa shape index (κ3) is 3.07. The van der Waals surface area contributed by atoms with Crippen molar-refractivity contribution in [2.75, 3.05) is 29.9 Å². The maximum Gasteiger partial charge on any atom is 0.0726 e. The second-order valence-corrected chi connectivity index (χ2v) is 6.05. The van der Waals surface area contributed by atoms with Crippen LogP contribution in [-0.4, -0.2) is 25.1 Å². The molecular weight excluding hydrogens is 294 g/mol. The lowest BCUT2D eigenvalue weighted by molar-refractivity contribution is 0.866. The number of nitrogens with zero attached hydrogens (tertiary/aromatic N) is 3. The summed E-state index contributed by atoms with van der Waals surface area (Å²) in [6.45, 7) is 8.48. The summed E-state index contributed by atoms with van der Waals surface area (Å²) in [5.41, 5.74) is 5.72. The summed E-state index contributed by atoms with van der Waals surface area (Å²) >= 11 is 0. The van der Waals surface area contributed by atoms with Gasteiger partial charge in [0, 0.05) is 42.6 Å². The van der Waals surface area contributed by atoms with Gasteiger partial charge in [-0.15, -0.1) is 0 Å². The Kier molecular flexibility index (Phi) is 4.70. The average molecular weight is 319 g/mol. The summed E-state index contributed by atoms with van der Waals surface area (Å²) in [5.74, 6) is 0. The molecule has 1 heterocycles. The molecule has 0 fully saturated rings. The first-order chi connectivity index (χ1) is 11.6. The molecule has 3 rings (SSSR count). The van der Waals surface area contributed by atoms with Crippen molar-refractivity contribution >= 4 is 28.0 Å². The topological polar surface area (TPSA) is 19.4 Å². The molecule has 0 atom stereocenters. The summed E-state index contributed by atoms with van der Waals surface area (Å²) in [6, 6.07) is 19.3. The summed E-state index contributed by atoms with van der Waals surface area (Å²) in [6.07, 6.45) is 0. The Bertz CT molecular complexity index is 820. The largest absolute Gasteiger partial charge is 0.372 e. The number of benzene rings is 2. The SMILES string of the molecule is CCN(CC)c1ccc(N(C)c2cc(C)nc3ccccc23)cc1. The van der Waals surface area contributed by atoms with Crippen molar-refractivity contribution < 1.29 is 0 Å². The van der Waals surface area contributed by atoms with Gasteiger partial charge in [-0.05, 0) is 57.2 Å². The molecule has 124 valence electrons. The zero-order valence-electron chi connectivity index (χ0n) is 15.0. The number of hydrogen-bond acceptors (Lipinski definition) is 3. The number of aryl methyl sites for hydroxylation is 1. The molecule has 1 aromatic heterocycles. The molecule has 0 amide bonds. The molecule has 0 bridgehead atoms. The lowest BCUT2D eigenvalue weighted by Crippen LogP contribution is -2.21. The molecule has 0 aliphatic heterocycles. The molecule has 0 saturated carbocycles. The smallest absolute Gasteiger partial charge is 0.0726 e. The molecule has 0 aliphatic rings. The molecule has 0 N–H and O–H groups in total. The lowest BCUT2D eigenvalue weighted by Gasteiger charge is -2.24. The highest BCUT2D eigenvalue weighted by molar-refractivity contribution is 5.93. The zero-order chi connectivity index (χ0) is 17.1. The predicted octanol–water partition coefficient (Wildman–Crippen LogP) is 5.16. The van der Waals surface area contributed by atoms with Gasteiger partial charge in [-0.25, -0.2) is 0 Å². The first-order valence-corrected chi connectivity index (χ1v) is 8.59. The molecule has 0 aliphatic carbocycles. The number of rotatable bonds is 5. The standard InChI is InChI=1S/C21H25N3/c1-5-24(6-2)18-13-11-17(12-14-18)23(4)21-15-16(3)22-20-10-8-7-9-19(20)21/h7-15H,5-6H2,1-4H3. The Labute approximate surface area is 144 Å². The summed E-state index contributed by atoms with van der Waals surface area (Å²) in [5, 5.41) is 1.18. The van der Waals surface area contributed by atoms with E-state index in [0.717, 1.165) is 24.3 Å². The van der Waals surface area contributed by atoms with E-state index in [1.165, 1.54) is 22.4 Å². The normalized spacial score (nSPS) is 10.8. The highest BCUT2D eigenvalue weighted by Crippen LogP contribution is 2.32. The zero-order valence-corrected chi connectivity index (χ0v) is 15.0. The van der Waals surface area contributed by atoms with E-state index in [2.05, 4.69) is 84.2 Å². The van der Waals surface area contributed by atoms with Gasteiger partial charge in [-0.1, -0.05) is 18.2 Å². The fourth-order valence-electron chi connectivity index (χ4n) is 3.18. The Hall–Kier alpha value is -2.55. The summed E-state index contributed by atoms with van der Waals surface area (Å²) < 4.78 is 0. The van der Waals surface area contributed by atoms with E-state index < -0.39 is 0 Å². The van der Waals surface area contributed by atoms with Crippen LogP contribution in [0, 0.1) is 6.92 Å². The van der Waals surface area contributed by atoms with E-state index in [4.69, 9.17) is 0 Å². The van der Waals surface area contributed by atoms with E-state index in [1.807, 2.05) is 13.0 Å². The number of para-hydroxylation sites is 1. The van der Waals surface area contributed by atoms with Crippen LogP contribution in [-0.2, 0) is 0 Å². The highest BCUT2D eigenvalue weighted by atomic mass is 15.1. The van der Waals surface area contributed by atoms with Crippen molar-refractivity contribution in [2.24, 2.45) is 0 Å². The Morgan fingerprint density at radius 1 is 0.875 bits per heavy atom. The molecule has 3 nitrogen and oxygen atoms in total. The monoisotopic (exact) mass is 319 g/mol. The summed E-state index contributed by atoms with van der Waals surface area (Å²) in [4.78, 5) is 9.23. The molecule has 0 unspecified atom stereocenters. The van der Waals surface area contributed by atoms with Gasteiger partial charge in [0.25, 0.3) is 0 Å². The van der Waals surface area contributed by atoms with Crippen molar-refractivity contribution in [1.29, 1.82) is 0 Å². The second kappa shape index (κ2) is 6.91. The molecule has 3 aromatic rings. The van der Waals surface area contributed by atoms with Crippen LogP contribution >= 0.6 is 0 Å². The van der Waals surface area contributed by atoms with Gasteiger partial charge in [-0.3, -0.25) is 4.98 Å². The van der Waals surface area contributed by atoms with Crippen molar-refractivity contribution in [3.8, 4) is 0 Å². The Balaban J connectivity index is 1.99.